The zero-order valence-electron chi connectivity index (χ0n) is 12.1. The second-order valence-electron chi connectivity index (χ2n) is 4.82. The maximum absolute atomic E-state index is 12.1. The van der Waals surface area contributed by atoms with Crippen molar-refractivity contribution in [2.24, 2.45) is 0 Å². The van der Waals surface area contributed by atoms with Crippen LogP contribution in [0.3, 0.4) is 0 Å². The molecule has 1 aliphatic heterocycles. The summed E-state index contributed by atoms with van der Waals surface area (Å²) in [6.45, 7) is 3.20. The average molecular weight is 318 g/mol. The van der Waals surface area contributed by atoms with Crippen LogP contribution in [0, 0.1) is 0 Å². The molecule has 0 spiro atoms. The van der Waals surface area contributed by atoms with Crippen molar-refractivity contribution >= 4 is 10.0 Å². The molecule has 2 N–H and O–H groups in total. The van der Waals surface area contributed by atoms with Crippen LogP contribution in [0.4, 0.5) is 0 Å². The highest BCUT2D eigenvalue weighted by molar-refractivity contribution is 7.89. The quantitative estimate of drug-likeness (QED) is 0.609. The van der Waals surface area contributed by atoms with Crippen molar-refractivity contribution < 1.29 is 17.9 Å². The van der Waals surface area contributed by atoms with Crippen LogP contribution in [-0.2, 0) is 26.0 Å². The molecule has 1 saturated heterocycles. The van der Waals surface area contributed by atoms with Crippen molar-refractivity contribution in [1.82, 2.24) is 19.8 Å². The summed E-state index contributed by atoms with van der Waals surface area (Å²) in [5, 5.41) is 7.10. The van der Waals surface area contributed by atoms with Gasteiger partial charge in [0.25, 0.3) is 0 Å². The molecule has 120 valence electrons. The first-order valence-electron chi connectivity index (χ1n) is 6.98. The number of ether oxygens (including phenoxy) is 2. The van der Waals surface area contributed by atoms with Crippen LogP contribution in [0.5, 0.6) is 0 Å². The molecule has 0 aliphatic carbocycles. The van der Waals surface area contributed by atoms with Crippen LogP contribution >= 0.6 is 0 Å². The van der Waals surface area contributed by atoms with E-state index in [-0.39, 0.29) is 17.5 Å². The predicted octanol–water partition coefficient (Wildman–Crippen LogP) is -0.814. The minimum absolute atomic E-state index is 0.170. The molecule has 21 heavy (non-hydrogen) atoms. The van der Waals surface area contributed by atoms with Gasteiger partial charge in [-0.3, -0.25) is 4.68 Å². The summed E-state index contributed by atoms with van der Waals surface area (Å²) >= 11 is 0. The van der Waals surface area contributed by atoms with E-state index in [2.05, 4.69) is 15.1 Å². The lowest BCUT2D eigenvalue weighted by molar-refractivity contribution is -0.0846. The predicted molar refractivity (Wildman–Crippen MR) is 76.5 cm³/mol. The Morgan fingerprint density at radius 1 is 1.48 bits per heavy atom. The van der Waals surface area contributed by atoms with Crippen molar-refractivity contribution in [2.75, 3.05) is 40.0 Å². The summed E-state index contributed by atoms with van der Waals surface area (Å²) < 4.78 is 39.1. The SMILES string of the molecule is CNCCCn1cc(S(=O)(=O)NCC2COCCO2)cn1. The molecule has 1 aromatic rings. The lowest BCUT2D eigenvalue weighted by Crippen LogP contribution is -2.39. The lowest BCUT2D eigenvalue weighted by Gasteiger charge is -2.22. The maximum Gasteiger partial charge on any atom is 0.243 e. The molecule has 1 atom stereocenters. The number of aromatic nitrogens is 2. The largest absolute Gasteiger partial charge is 0.376 e. The van der Waals surface area contributed by atoms with E-state index < -0.39 is 10.0 Å². The van der Waals surface area contributed by atoms with Gasteiger partial charge < -0.3 is 14.8 Å². The van der Waals surface area contributed by atoms with Gasteiger partial charge in [-0.25, -0.2) is 13.1 Å². The molecule has 1 fully saturated rings. The van der Waals surface area contributed by atoms with E-state index in [4.69, 9.17) is 9.47 Å². The molecule has 1 aromatic heterocycles. The number of hydrogen-bond acceptors (Lipinski definition) is 6. The first-order valence-corrected chi connectivity index (χ1v) is 8.46. The van der Waals surface area contributed by atoms with Gasteiger partial charge in [0, 0.05) is 19.3 Å². The van der Waals surface area contributed by atoms with Crippen LogP contribution < -0.4 is 10.0 Å². The van der Waals surface area contributed by atoms with Gasteiger partial charge in [-0.1, -0.05) is 0 Å². The number of rotatable bonds is 8. The maximum atomic E-state index is 12.1. The van der Waals surface area contributed by atoms with E-state index in [9.17, 15) is 8.42 Å². The summed E-state index contributed by atoms with van der Waals surface area (Å²) in [5.74, 6) is 0. The summed E-state index contributed by atoms with van der Waals surface area (Å²) in [5.41, 5.74) is 0. The smallest absolute Gasteiger partial charge is 0.243 e. The molecule has 2 heterocycles. The Hall–Kier alpha value is -1.00. The Balaban J connectivity index is 1.86. The Labute approximate surface area is 124 Å². The van der Waals surface area contributed by atoms with Gasteiger partial charge in [-0.05, 0) is 20.0 Å². The Morgan fingerprint density at radius 2 is 2.33 bits per heavy atom. The topological polar surface area (TPSA) is 94.5 Å². The molecule has 0 bridgehead atoms. The summed E-state index contributed by atoms with van der Waals surface area (Å²) in [6, 6.07) is 0. The monoisotopic (exact) mass is 318 g/mol. The second kappa shape index (κ2) is 7.85. The molecule has 2 rings (SSSR count). The van der Waals surface area contributed by atoms with Gasteiger partial charge >= 0.3 is 0 Å². The molecule has 1 unspecified atom stereocenters. The van der Waals surface area contributed by atoms with Crippen molar-refractivity contribution in [3.63, 3.8) is 0 Å². The molecule has 0 amide bonds. The normalized spacial score (nSPS) is 19.8. The highest BCUT2D eigenvalue weighted by Gasteiger charge is 2.20. The van der Waals surface area contributed by atoms with Gasteiger partial charge in [0.2, 0.25) is 10.0 Å². The molecule has 8 nitrogen and oxygen atoms in total. The third kappa shape index (κ3) is 5.04. The zero-order valence-corrected chi connectivity index (χ0v) is 12.9. The minimum atomic E-state index is -3.55. The fraction of sp³-hybridized carbons (Fsp3) is 0.750. The third-order valence-electron chi connectivity index (χ3n) is 3.12. The highest BCUT2D eigenvalue weighted by Crippen LogP contribution is 2.08. The highest BCUT2D eigenvalue weighted by atomic mass is 32.2. The van der Waals surface area contributed by atoms with E-state index in [1.54, 1.807) is 4.68 Å². The van der Waals surface area contributed by atoms with E-state index in [1.807, 2.05) is 7.05 Å². The van der Waals surface area contributed by atoms with Crippen LogP contribution in [0.2, 0.25) is 0 Å². The van der Waals surface area contributed by atoms with Crippen molar-refractivity contribution in [3.8, 4) is 0 Å². The first kappa shape index (κ1) is 16.4. The van der Waals surface area contributed by atoms with E-state index in [1.165, 1.54) is 12.4 Å². The molecule has 0 saturated carbocycles. The van der Waals surface area contributed by atoms with Gasteiger partial charge in [-0.15, -0.1) is 0 Å². The number of hydrogen-bond donors (Lipinski definition) is 2. The van der Waals surface area contributed by atoms with E-state index >= 15 is 0 Å². The second-order valence-corrected chi connectivity index (χ2v) is 6.58. The zero-order chi connectivity index (χ0) is 15.1. The van der Waals surface area contributed by atoms with E-state index in [0.29, 0.717) is 26.4 Å². The standard InChI is InChI=1S/C12H22N4O4S/c1-13-3-2-4-16-9-12(8-14-16)21(17,18)15-7-11-10-19-5-6-20-11/h8-9,11,13,15H,2-7,10H2,1H3. The molecular weight excluding hydrogens is 296 g/mol. The summed E-state index contributed by atoms with van der Waals surface area (Å²) in [6.07, 6.45) is 3.55. The van der Waals surface area contributed by atoms with Gasteiger partial charge in [-0.2, -0.15) is 5.10 Å². The van der Waals surface area contributed by atoms with Gasteiger partial charge in [0.1, 0.15) is 4.90 Å². The lowest BCUT2D eigenvalue weighted by atomic mass is 10.3. The minimum Gasteiger partial charge on any atom is -0.376 e. The van der Waals surface area contributed by atoms with Crippen LogP contribution in [-0.4, -0.2) is 64.3 Å². The third-order valence-corrected chi connectivity index (χ3v) is 4.50. The summed E-state index contributed by atoms with van der Waals surface area (Å²) in [4.78, 5) is 0.170. The van der Waals surface area contributed by atoms with Crippen molar-refractivity contribution in [3.05, 3.63) is 12.4 Å². The number of nitrogens with one attached hydrogen (secondary N) is 2. The van der Waals surface area contributed by atoms with E-state index in [0.717, 1.165) is 13.0 Å². The molecular formula is C12H22N4O4S. The number of sulfonamides is 1. The fourth-order valence-corrected chi connectivity index (χ4v) is 2.98. The molecule has 9 heteroatoms. The Kier molecular flexibility index (Phi) is 6.12. The van der Waals surface area contributed by atoms with Gasteiger partial charge in [0.05, 0.1) is 32.1 Å². The van der Waals surface area contributed by atoms with Crippen molar-refractivity contribution in [1.29, 1.82) is 0 Å². The fourth-order valence-electron chi connectivity index (χ4n) is 1.96. The van der Waals surface area contributed by atoms with Gasteiger partial charge in [0.15, 0.2) is 0 Å². The molecule has 0 radical (unpaired) electrons. The Bertz CT molecular complexity index is 525. The average Bonchev–Trinajstić information content (AvgIpc) is 2.96. The number of nitrogens with zero attached hydrogens (tertiary/aromatic N) is 2. The number of aryl methyl sites for hydroxylation is 1. The van der Waals surface area contributed by atoms with Crippen LogP contribution in [0.15, 0.2) is 17.3 Å². The van der Waals surface area contributed by atoms with Crippen LogP contribution in [0.25, 0.3) is 0 Å². The molecule has 1 aliphatic rings. The van der Waals surface area contributed by atoms with Crippen LogP contribution in [0.1, 0.15) is 6.42 Å². The first-order chi connectivity index (χ1) is 10.1. The molecule has 0 aromatic carbocycles. The Morgan fingerprint density at radius 3 is 3.05 bits per heavy atom. The summed E-state index contributed by atoms with van der Waals surface area (Å²) in [7, 11) is -1.68. The van der Waals surface area contributed by atoms with Crippen molar-refractivity contribution in [2.45, 2.75) is 24.0 Å².